The average Bonchev–Trinajstić information content (AvgIpc) is 2.26. The molecule has 16 heavy (non-hydrogen) atoms. The second-order valence-electron chi connectivity index (χ2n) is 3.11. The first-order valence-electron chi connectivity index (χ1n) is 4.54. The van der Waals surface area contributed by atoms with Crippen LogP contribution in [0.2, 0.25) is 0 Å². The molecule has 0 aliphatic rings. The van der Waals surface area contributed by atoms with Gasteiger partial charge in [-0.25, -0.2) is 4.79 Å². The van der Waals surface area contributed by atoms with Crippen molar-refractivity contribution in [2.24, 2.45) is 5.73 Å². The number of rotatable bonds is 4. The van der Waals surface area contributed by atoms with Crippen molar-refractivity contribution in [2.45, 2.75) is 0 Å². The number of nitrogen functional groups attached to an aromatic ring is 1. The van der Waals surface area contributed by atoms with E-state index in [0.717, 1.165) is 0 Å². The zero-order chi connectivity index (χ0) is 12.1. The molecular formula is C10H13N3O3. The lowest BCUT2D eigenvalue weighted by Gasteiger charge is -2.09. The molecule has 5 N–H and O–H groups in total. The third-order valence-corrected chi connectivity index (χ3v) is 1.93. The number of nitrogens with one attached hydrogen (secondary N) is 1. The number of anilines is 2. The maximum Gasteiger partial charge on any atom is 0.337 e. The van der Waals surface area contributed by atoms with E-state index in [2.05, 4.69) is 10.1 Å². The maximum atomic E-state index is 11.2. The maximum absolute atomic E-state index is 11.2. The van der Waals surface area contributed by atoms with E-state index < -0.39 is 11.9 Å². The number of methoxy groups -OCH3 is 1. The van der Waals surface area contributed by atoms with Crippen molar-refractivity contribution in [3.05, 3.63) is 23.8 Å². The van der Waals surface area contributed by atoms with Crippen LogP contribution in [0.4, 0.5) is 11.4 Å². The summed E-state index contributed by atoms with van der Waals surface area (Å²) < 4.78 is 4.56. The van der Waals surface area contributed by atoms with Crippen molar-refractivity contribution in [3.8, 4) is 0 Å². The number of hydrogen-bond acceptors (Lipinski definition) is 5. The highest BCUT2D eigenvalue weighted by Gasteiger charge is 2.08. The van der Waals surface area contributed by atoms with Gasteiger partial charge in [0.2, 0.25) is 5.91 Å². The molecule has 0 heterocycles. The fraction of sp³-hybridized carbons (Fsp3) is 0.200. The number of primary amides is 1. The summed E-state index contributed by atoms with van der Waals surface area (Å²) >= 11 is 0. The van der Waals surface area contributed by atoms with Crippen LogP contribution in [0, 0.1) is 0 Å². The normalized spacial score (nSPS) is 9.56. The van der Waals surface area contributed by atoms with Gasteiger partial charge in [0.15, 0.2) is 0 Å². The van der Waals surface area contributed by atoms with E-state index in [9.17, 15) is 9.59 Å². The Morgan fingerprint density at radius 2 is 2.12 bits per heavy atom. The summed E-state index contributed by atoms with van der Waals surface area (Å²) in [6.07, 6.45) is 0. The van der Waals surface area contributed by atoms with Crippen LogP contribution in [0.5, 0.6) is 0 Å². The number of nitrogens with two attached hydrogens (primary N) is 2. The molecule has 0 radical (unpaired) electrons. The standard InChI is InChI=1S/C10H13N3O3/c1-16-10(15)6-2-3-7(11)8(4-6)13-5-9(12)14/h2-4,13H,5,11H2,1H3,(H2,12,14). The predicted octanol–water partition coefficient (Wildman–Crippen LogP) is -0.0474. The molecule has 0 saturated carbocycles. The molecule has 0 atom stereocenters. The van der Waals surface area contributed by atoms with Crippen LogP contribution >= 0.6 is 0 Å². The van der Waals surface area contributed by atoms with Gasteiger partial charge in [0.05, 0.1) is 30.6 Å². The van der Waals surface area contributed by atoms with Crippen LogP contribution in [0.15, 0.2) is 18.2 Å². The van der Waals surface area contributed by atoms with Crippen molar-refractivity contribution in [3.63, 3.8) is 0 Å². The van der Waals surface area contributed by atoms with Crippen molar-refractivity contribution < 1.29 is 14.3 Å². The molecule has 0 aliphatic carbocycles. The molecule has 0 saturated heterocycles. The summed E-state index contributed by atoms with van der Waals surface area (Å²) in [5, 5.41) is 2.72. The molecular weight excluding hydrogens is 210 g/mol. The highest BCUT2D eigenvalue weighted by Crippen LogP contribution is 2.20. The predicted molar refractivity (Wildman–Crippen MR) is 59.9 cm³/mol. The number of hydrogen-bond donors (Lipinski definition) is 3. The van der Waals surface area contributed by atoms with Gasteiger partial charge in [0.1, 0.15) is 0 Å². The van der Waals surface area contributed by atoms with Crippen molar-refractivity contribution in [1.29, 1.82) is 0 Å². The van der Waals surface area contributed by atoms with Gasteiger partial charge in [-0.2, -0.15) is 0 Å². The number of ether oxygens (including phenoxy) is 1. The second kappa shape index (κ2) is 5.01. The fourth-order valence-electron chi connectivity index (χ4n) is 1.14. The molecule has 0 fully saturated rings. The van der Waals surface area contributed by atoms with Gasteiger partial charge in [0.25, 0.3) is 0 Å². The van der Waals surface area contributed by atoms with E-state index in [4.69, 9.17) is 11.5 Å². The zero-order valence-corrected chi connectivity index (χ0v) is 8.82. The van der Waals surface area contributed by atoms with E-state index in [1.807, 2.05) is 0 Å². The van der Waals surface area contributed by atoms with E-state index in [0.29, 0.717) is 16.9 Å². The Balaban J connectivity index is 2.90. The Bertz CT molecular complexity index is 418. The van der Waals surface area contributed by atoms with Gasteiger partial charge in [0, 0.05) is 0 Å². The van der Waals surface area contributed by atoms with E-state index >= 15 is 0 Å². The lowest BCUT2D eigenvalue weighted by molar-refractivity contribution is -0.116. The zero-order valence-electron chi connectivity index (χ0n) is 8.82. The molecule has 0 spiro atoms. The van der Waals surface area contributed by atoms with Crippen LogP contribution in [0.25, 0.3) is 0 Å². The van der Waals surface area contributed by atoms with Crippen LogP contribution in [0.1, 0.15) is 10.4 Å². The summed E-state index contributed by atoms with van der Waals surface area (Å²) in [7, 11) is 1.29. The van der Waals surface area contributed by atoms with Crippen LogP contribution in [-0.4, -0.2) is 25.5 Å². The van der Waals surface area contributed by atoms with Crippen molar-refractivity contribution in [2.75, 3.05) is 24.7 Å². The van der Waals surface area contributed by atoms with E-state index in [-0.39, 0.29) is 6.54 Å². The Morgan fingerprint density at radius 3 is 2.69 bits per heavy atom. The highest BCUT2D eigenvalue weighted by atomic mass is 16.5. The number of amides is 1. The van der Waals surface area contributed by atoms with Gasteiger partial charge in [-0.1, -0.05) is 0 Å². The minimum Gasteiger partial charge on any atom is -0.465 e. The largest absolute Gasteiger partial charge is 0.465 e. The Labute approximate surface area is 92.6 Å². The summed E-state index contributed by atoms with van der Waals surface area (Å²) in [5.41, 5.74) is 11.9. The monoisotopic (exact) mass is 223 g/mol. The molecule has 86 valence electrons. The first-order chi connectivity index (χ1) is 7.54. The molecule has 6 nitrogen and oxygen atoms in total. The molecule has 1 aromatic rings. The Morgan fingerprint density at radius 1 is 1.44 bits per heavy atom. The van der Waals surface area contributed by atoms with Crippen molar-refractivity contribution in [1.82, 2.24) is 0 Å². The molecule has 0 bridgehead atoms. The van der Waals surface area contributed by atoms with Crippen LogP contribution in [0.3, 0.4) is 0 Å². The summed E-state index contributed by atoms with van der Waals surface area (Å²) in [6.45, 7) is -0.0468. The summed E-state index contributed by atoms with van der Waals surface area (Å²) in [4.78, 5) is 21.8. The molecule has 6 heteroatoms. The van der Waals surface area contributed by atoms with E-state index in [1.54, 1.807) is 6.07 Å². The number of carbonyl (C=O) groups is 2. The second-order valence-corrected chi connectivity index (χ2v) is 3.11. The molecule has 0 aromatic heterocycles. The smallest absolute Gasteiger partial charge is 0.337 e. The first-order valence-corrected chi connectivity index (χ1v) is 4.54. The quantitative estimate of drug-likeness (QED) is 0.490. The van der Waals surface area contributed by atoms with Gasteiger partial charge < -0.3 is 21.5 Å². The fourth-order valence-corrected chi connectivity index (χ4v) is 1.14. The van der Waals surface area contributed by atoms with Crippen LogP contribution in [-0.2, 0) is 9.53 Å². The molecule has 0 unspecified atom stereocenters. The lowest BCUT2D eigenvalue weighted by Crippen LogP contribution is -2.22. The highest BCUT2D eigenvalue weighted by molar-refractivity contribution is 5.92. The molecule has 0 aliphatic heterocycles. The van der Waals surface area contributed by atoms with Gasteiger partial charge in [-0.05, 0) is 18.2 Å². The van der Waals surface area contributed by atoms with E-state index in [1.165, 1.54) is 19.2 Å². The topological polar surface area (TPSA) is 107 Å². The van der Waals surface area contributed by atoms with Gasteiger partial charge in [-0.15, -0.1) is 0 Å². The molecule has 1 rings (SSSR count). The minimum absolute atomic E-state index is 0.0468. The number of esters is 1. The summed E-state index contributed by atoms with van der Waals surface area (Å²) in [5.74, 6) is -0.981. The molecule has 1 aromatic carbocycles. The third-order valence-electron chi connectivity index (χ3n) is 1.93. The SMILES string of the molecule is COC(=O)c1ccc(N)c(NCC(N)=O)c1. The van der Waals surface area contributed by atoms with Crippen LogP contribution < -0.4 is 16.8 Å². The minimum atomic E-state index is -0.511. The number of carbonyl (C=O) groups excluding carboxylic acids is 2. The Kier molecular flexibility index (Phi) is 3.71. The average molecular weight is 223 g/mol. The van der Waals surface area contributed by atoms with Crippen molar-refractivity contribution >= 4 is 23.3 Å². The third kappa shape index (κ3) is 2.88. The Hall–Kier alpha value is -2.24. The number of benzene rings is 1. The molecule has 1 amide bonds. The van der Waals surface area contributed by atoms with Gasteiger partial charge >= 0.3 is 5.97 Å². The first kappa shape index (κ1) is 11.8. The lowest BCUT2D eigenvalue weighted by atomic mass is 10.1. The summed E-state index contributed by atoms with van der Waals surface area (Å²) in [6, 6.07) is 4.59. The van der Waals surface area contributed by atoms with Gasteiger partial charge in [-0.3, -0.25) is 4.79 Å².